The van der Waals surface area contributed by atoms with E-state index in [0.29, 0.717) is 6.54 Å². The highest BCUT2D eigenvalue weighted by Crippen LogP contribution is 1.83. The second-order valence-electron chi connectivity index (χ2n) is 2.82. The Labute approximate surface area is 89.3 Å². The van der Waals surface area contributed by atoms with E-state index in [2.05, 4.69) is 15.5 Å². The molecule has 0 spiro atoms. The minimum atomic E-state index is 0. The zero-order valence-corrected chi connectivity index (χ0v) is 9.28. The average molecular weight is 249 g/mol. The van der Waals surface area contributed by atoms with Crippen LogP contribution in [0.25, 0.3) is 0 Å². The van der Waals surface area contributed by atoms with Crippen molar-refractivity contribution in [1.29, 1.82) is 0 Å². The Morgan fingerprint density at radius 1 is 1.23 bits per heavy atom. The van der Waals surface area contributed by atoms with Crippen LogP contribution in [-0.4, -0.2) is 17.7 Å². The van der Waals surface area contributed by atoms with Crippen LogP contribution in [0.3, 0.4) is 0 Å². The number of imidazole rings is 1. The van der Waals surface area contributed by atoms with Gasteiger partial charge in [-0.3, -0.25) is 0 Å². The van der Waals surface area contributed by atoms with Gasteiger partial charge in [0.2, 0.25) is 6.33 Å². The van der Waals surface area contributed by atoms with Crippen LogP contribution in [0.5, 0.6) is 0 Å². The van der Waals surface area contributed by atoms with Gasteiger partial charge in [-0.25, -0.2) is 9.13 Å². The van der Waals surface area contributed by atoms with Crippen molar-refractivity contribution in [2.45, 2.75) is 19.5 Å². The highest BCUT2D eigenvalue weighted by Gasteiger charge is 2.00. The molecular formula is C8H17BrN4. The number of aryl methyl sites for hydroxylation is 1. The molecule has 5 heteroatoms. The molecule has 0 amide bonds. The Morgan fingerprint density at radius 3 is 2.62 bits per heavy atom. The number of hydrogen-bond donors (Lipinski definition) is 2. The van der Waals surface area contributed by atoms with E-state index in [0.717, 1.165) is 26.1 Å². The van der Waals surface area contributed by atoms with Crippen molar-refractivity contribution in [3.05, 3.63) is 18.7 Å². The lowest BCUT2D eigenvalue weighted by Gasteiger charge is -1.92. The molecule has 0 fully saturated rings. The van der Waals surface area contributed by atoms with Crippen LogP contribution >= 0.6 is 0 Å². The molecule has 1 aromatic heterocycles. The molecule has 0 saturated heterocycles. The van der Waals surface area contributed by atoms with Crippen LogP contribution in [0, 0.1) is 0 Å². The first-order valence-corrected chi connectivity index (χ1v) is 4.32. The fourth-order valence-corrected chi connectivity index (χ4v) is 1.13. The lowest BCUT2D eigenvalue weighted by atomic mass is 10.4. The number of aromatic nitrogens is 2. The first-order valence-electron chi connectivity index (χ1n) is 4.32. The molecule has 0 atom stereocenters. The highest BCUT2D eigenvalue weighted by molar-refractivity contribution is 4.66. The van der Waals surface area contributed by atoms with Gasteiger partial charge in [-0.2, -0.15) is 0 Å². The molecule has 0 saturated carbocycles. The summed E-state index contributed by atoms with van der Waals surface area (Å²) in [5.74, 6) is 0. The molecule has 4 nitrogen and oxygen atoms in total. The van der Waals surface area contributed by atoms with Crippen LogP contribution < -0.4 is 33.0 Å². The smallest absolute Gasteiger partial charge is 0.243 e. The van der Waals surface area contributed by atoms with Gasteiger partial charge >= 0.3 is 0 Å². The molecule has 0 radical (unpaired) electrons. The molecule has 1 aromatic rings. The third kappa shape index (κ3) is 4.40. The number of halogens is 1. The molecular weight excluding hydrogens is 232 g/mol. The highest BCUT2D eigenvalue weighted by atomic mass is 79.9. The molecule has 13 heavy (non-hydrogen) atoms. The van der Waals surface area contributed by atoms with Gasteiger partial charge in [-0.05, 0) is 13.0 Å². The van der Waals surface area contributed by atoms with Crippen molar-refractivity contribution >= 4 is 0 Å². The summed E-state index contributed by atoms with van der Waals surface area (Å²) in [5.41, 5.74) is 10.8. The zero-order valence-electron chi connectivity index (χ0n) is 7.69. The molecule has 0 bridgehead atoms. The number of rotatable bonds is 5. The third-order valence-corrected chi connectivity index (χ3v) is 1.75. The maximum Gasteiger partial charge on any atom is 0.243 e. The van der Waals surface area contributed by atoms with Crippen molar-refractivity contribution in [3.8, 4) is 0 Å². The summed E-state index contributed by atoms with van der Waals surface area (Å²) >= 11 is 0. The Bertz CT molecular complexity index is 224. The van der Waals surface area contributed by atoms with Gasteiger partial charge in [0.15, 0.2) is 0 Å². The predicted molar refractivity (Wildman–Crippen MR) is 47.4 cm³/mol. The molecule has 76 valence electrons. The van der Waals surface area contributed by atoms with E-state index in [1.54, 1.807) is 0 Å². The first kappa shape index (κ1) is 12.6. The summed E-state index contributed by atoms with van der Waals surface area (Å²) in [7, 11) is 0. The van der Waals surface area contributed by atoms with E-state index in [1.807, 2.05) is 12.4 Å². The van der Waals surface area contributed by atoms with Crippen LogP contribution in [0.4, 0.5) is 0 Å². The van der Waals surface area contributed by atoms with Crippen LogP contribution in [0.1, 0.15) is 6.42 Å². The van der Waals surface area contributed by atoms with Gasteiger partial charge in [-0.15, -0.1) is 0 Å². The average Bonchev–Trinajstić information content (AvgIpc) is 2.50. The zero-order chi connectivity index (χ0) is 8.81. The Morgan fingerprint density at radius 2 is 2.00 bits per heavy atom. The summed E-state index contributed by atoms with van der Waals surface area (Å²) in [6.45, 7) is 3.31. The Balaban J connectivity index is 0.00000144. The topological polar surface area (TPSA) is 60.8 Å². The summed E-state index contributed by atoms with van der Waals surface area (Å²) in [6.07, 6.45) is 7.16. The maximum absolute atomic E-state index is 5.42. The van der Waals surface area contributed by atoms with Crippen molar-refractivity contribution in [3.63, 3.8) is 0 Å². The number of nitrogens with zero attached hydrogens (tertiary/aromatic N) is 2. The Hall–Kier alpha value is -0.390. The van der Waals surface area contributed by atoms with Crippen molar-refractivity contribution in [1.82, 2.24) is 4.57 Å². The van der Waals surface area contributed by atoms with Gasteiger partial charge in [0.1, 0.15) is 18.9 Å². The monoisotopic (exact) mass is 248 g/mol. The number of hydrogen-bond acceptors (Lipinski definition) is 2. The fourth-order valence-electron chi connectivity index (χ4n) is 1.13. The minimum absolute atomic E-state index is 0. The molecule has 1 heterocycles. The lowest BCUT2D eigenvalue weighted by Crippen LogP contribution is -3.00. The van der Waals surface area contributed by atoms with Crippen LogP contribution in [0.15, 0.2) is 18.7 Å². The third-order valence-electron chi connectivity index (χ3n) is 1.75. The summed E-state index contributed by atoms with van der Waals surface area (Å²) in [6, 6.07) is 0. The maximum atomic E-state index is 5.42. The molecule has 0 aromatic carbocycles. The first-order chi connectivity index (χ1) is 5.86. The SMILES string of the molecule is NCCC[n+]1ccn(CCN)c1.[Br-]. The normalized spacial score (nSPS) is 9.69. The van der Waals surface area contributed by atoms with Crippen LogP contribution in [0.2, 0.25) is 0 Å². The van der Waals surface area contributed by atoms with Crippen LogP contribution in [-0.2, 0) is 13.1 Å². The quantitative estimate of drug-likeness (QED) is 0.524. The molecule has 1 rings (SSSR count). The number of nitrogens with two attached hydrogens (primary N) is 2. The Kier molecular flexibility index (Phi) is 6.84. The van der Waals surface area contributed by atoms with Crippen molar-refractivity contribution in [2.24, 2.45) is 11.5 Å². The minimum Gasteiger partial charge on any atom is -1.00 e. The van der Waals surface area contributed by atoms with E-state index >= 15 is 0 Å². The largest absolute Gasteiger partial charge is 1.00 e. The molecule has 0 unspecified atom stereocenters. The van der Waals surface area contributed by atoms with E-state index < -0.39 is 0 Å². The molecule has 0 aliphatic carbocycles. The van der Waals surface area contributed by atoms with Gasteiger partial charge in [-0.1, -0.05) is 0 Å². The van der Waals surface area contributed by atoms with Gasteiger partial charge in [0.25, 0.3) is 0 Å². The standard InChI is InChI=1S/C8H17N4.BrH/c9-2-1-4-11-6-7-12(8-11)5-3-10;/h6-8H,1-5,9-10H2;1H/q+1;/p-1. The second kappa shape index (κ2) is 7.06. The van der Waals surface area contributed by atoms with E-state index in [9.17, 15) is 0 Å². The molecule has 0 aliphatic rings. The fraction of sp³-hybridized carbons (Fsp3) is 0.625. The van der Waals surface area contributed by atoms with Gasteiger partial charge in [0.05, 0.1) is 6.54 Å². The predicted octanol–water partition coefficient (Wildman–Crippen LogP) is -3.91. The van der Waals surface area contributed by atoms with E-state index in [4.69, 9.17) is 11.5 Å². The molecule has 0 aliphatic heterocycles. The summed E-state index contributed by atoms with van der Waals surface area (Å²) in [4.78, 5) is 0. The van der Waals surface area contributed by atoms with Gasteiger partial charge in [0, 0.05) is 6.54 Å². The van der Waals surface area contributed by atoms with Crippen molar-refractivity contribution in [2.75, 3.05) is 13.1 Å². The van der Waals surface area contributed by atoms with E-state index in [-0.39, 0.29) is 17.0 Å². The lowest BCUT2D eigenvalue weighted by molar-refractivity contribution is -0.696. The second-order valence-corrected chi connectivity index (χ2v) is 2.82. The van der Waals surface area contributed by atoms with Gasteiger partial charge < -0.3 is 28.4 Å². The summed E-state index contributed by atoms with van der Waals surface area (Å²) < 4.78 is 4.21. The summed E-state index contributed by atoms with van der Waals surface area (Å²) in [5, 5.41) is 0. The van der Waals surface area contributed by atoms with Crippen molar-refractivity contribution < 1.29 is 21.5 Å². The molecule has 4 N–H and O–H groups in total. The van der Waals surface area contributed by atoms with E-state index in [1.165, 1.54) is 0 Å².